The average Bonchev–Trinajstić information content (AvgIpc) is 2.14. The fourth-order valence-corrected chi connectivity index (χ4v) is 1.46. The van der Waals surface area contributed by atoms with Gasteiger partial charge in [-0.1, -0.05) is 0 Å². The Morgan fingerprint density at radius 2 is 2.56 bits per heavy atom. The molecule has 0 fully saturated rings. The standard InChI is InChI=1S/C4H3BrN2OS/c5-3-1-2(4(6)8)9-7-3/h1H,(H2,6,8). The van der Waals surface area contributed by atoms with E-state index in [0.29, 0.717) is 9.48 Å². The van der Waals surface area contributed by atoms with E-state index in [2.05, 4.69) is 20.3 Å². The maximum absolute atomic E-state index is 10.4. The summed E-state index contributed by atoms with van der Waals surface area (Å²) in [5.74, 6) is -0.432. The molecular formula is C4H3BrN2OS. The topological polar surface area (TPSA) is 56.0 Å². The molecule has 1 aromatic rings. The highest BCUT2D eigenvalue weighted by Crippen LogP contribution is 2.13. The van der Waals surface area contributed by atoms with Gasteiger partial charge in [-0.3, -0.25) is 4.79 Å². The van der Waals surface area contributed by atoms with Gasteiger partial charge in [0, 0.05) is 0 Å². The van der Waals surface area contributed by atoms with Crippen LogP contribution in [0.3, 0.4) is 0 Å². The number of amides is 1. The Kier molecular flexibility index (Phi) is 1.82. The average molecular weight is 207 g/mol. The molecule has 0 aliphatic heterocycles. The lowest BCUT2D eigenvalue weighted by atomic mass is 10.5. The summed E-state index contributed by atoms with van der Waals surface area (Å²) in [5, 5.41) is 0. The van der Waals surface area contributed by atoms with Crippen LogP contribution < -0.4 is 5.73 Å². The zero-order valence-corrected chi connectivity index (χ0v) is 6.70. The first-order valence-electron chi connectivity index (χ1n) is 2.12. The number of hydrogen-bond acceptors (Lipinski definition) is 3. The first-order chi connectivity index (χ1) is 4.20. The van der Waals surface area contributed by atoms with E-state index in [-0.39, 0.29) is 0 Å². The van der Waals surface area contributed by atoms with Gasteiger partial charge in [0.1, 0.15) is 9.48 Å². The van der Waals surface area contributed by atoms with Gasteiger partial charge in [-0.05, 0) is 33.5 Å². The Labute approximate surface area is 64.2 Å². The molecule has 0 aliphatic carbocycles. The molecule has 0 saturated carbocycles. The Bertz CT molecular complexity index is 234. The number of halogens is 1. The van der Waals surface area contributed by atoms with Crippen molar-refractivity contribution in [3.8, 4) is 0 Å². The highest BCUT2D eigenvalue weighted by Gasteiger charge is 2.02. The van der Waals surface area contributed by atoms with Crippen LogP contribution in [0.4, 0.5) is 0 Å². The number of hydrogen-bond donors (Lipinski definition) is 1. The maximum Gasteiger partial charge on any atom is 0.260 e. The number of aromatic nitrogens is 1. The minimum atomic E-state index is -0.432. The zero-order chi connectivity index (χ0) is 6.85. The van der Waals surface area contributed by atoms with Gasteiger partial charge in [-0.25, -0.2) is 0 Å². The fourth-order valence-electron chi connectivity index (χ4n) is 0.370. The summed E-state index contributed by atoms with van der Waals surface area (Å²) in [4.78, 5) is 10.9. The highest BCUT2D eigenvalue weighted by molar-refractivity contribution is 9.10. The number of primary amides is 1. The third-order valence-corrected chi connectivity index (χ3v) is 2.17. The minimum absolute atomic E-state index is 0.432. The monoisotopic (exact) mass is 206 g/mol. The Hall–Kier alpha value is -0.420. The summed E-state index contributed by atoms with van der Waals surface area (Å²) in [5.41, 5.74) is 4.94. The first-order valence-corrected chi connectivity index (χ1v) is 3.69. The predicted octanol–water partition coefficient (Wildman–Crippen LogP) is 1.00. The van der Waals surface area contributed by atoms with E-state index in [9.17, 15) is 4.79 Å². The largest absolute Gasteiger partial charge is 0.365 e. The zero-order valence-electron chi connectivity index (χ0n) is 4.30. The molecule has 48 valence electrons. The van der Waals surface area contributed by atoms with Gasteiger partial charge in [0.2, 0.25) is 0 Å². The quantitative estimate of drug-likeness (QED) is 0.746. The minimum Gasteiger partial charge on any atom is -0.365 e. The molecule has 1 amide bonds. The van der Waals surface area contributed by atoms with Crippen LogP contribution >= 0.6 is 27.5 Å². The van der Waals surface area contributed by atoms with Gasteiger partial charge in [0.15, 0.2) is 0 Å². The van der Waals surface area contributed by atoms with Gasteiger partial charge >= 0.3 is 0 Å². The van der Waals surface area contributed by atoms with Crippen molar-refractivity contribution >= 4 is 33.4 Å². The molecule has 0 radical (unpaired) electrons. The molecule has 9 heavy (non-hydrogen) atoms. The molecular weight excluding hydrogens is 204 g/mol. The van der Waals surface area contributed by atoms with Gasteiger partial charge in [0.25, 0.3) is 5.91 Å². The third-order valence-electron chi connectivity index (χ3n) is 0.724. The van der Waals surface area contributed by atoms with Gasteiger partial charge in [-0.15, -0.1) is 0 Å². The molecule has 0 bridgehead atoms. The normalized spacial score (nSPS) is 9.44. The molecule has 1 heterocycles. The molecule has 0 unspecified atom stereocenters. The van der Waals surface area contributed by atoms with Crippen LogP contribution in [0.5, 0.6) is 0 Å². The van der Waals surface area contributed by atoms with Crippen molar-refractivity contribution in [2.75, 3.05) is 0 Å². The first kappa shape index (κ1) is 6.70. The van der Waals surface area contributed by atoms with Crippen LogP contribution in [0.25, 0.3) is 0 Å². The van der Waals surface area contributed by atoms with Crippen LogP contribution in [0.1, 0.15) is 9.67 Å². The summed E-state index contributed by atoms with van der Waals surface area (Å²) < 4.78 is 4.45. The summed E-state index contributed by atoms with van der Waals surface area (Å²) in [7, 11) is 0. The van der Waals surface area contributed by atoms with Gasteiger partial charge in [-0.2, -0.15) is 4.37 Å². The van der Waals surface area contributed by atoms with Gasteiger partial charge in [0.05, 0.1) is 0 Å². The van der Waals surface area contributed by atoms with E-state index in [1.165, 1.54) is 0 Å². The van der Waals surface area contributed by atoms with Crippen LogP contribution in [0.2, 0.25) is 0 Å². The Balaban J connectivity index is 2.98. The van der Waals surface area contributed by atoms with Crippen LogP contribution in [0, 0.1) is 0 Å². The second-order valence-electron chi connectivity index (χ2n) is 1.38. The molecule has 3 nitrogen and oxygen atoms in total. The van der Waals surface area contributed by atoms with Crippen molar-refractivity contribution in [1.82, 2.24) is 4.37 Å². The molecule has 0 spiro atoms. The molecule has 0 atom stereocenters. The molecule has 2 N–H and O–H groups in total. The molecule has 0 aliphatic rings. The van der Waals surface area contributed by atoms with Crippen molar-refractivity contribution in [2.24, 2.45) is 5.73 Å². The van der Waals surface area contributed by atoms with E-state index in [0.717, 1.165) is 11.5 Å². The fraction of sp³-hybridized carbons (Fsp3) is 0. The van der Waals surface area contributed by atoms with Crippen LogP contribution in [-0.4, -0.2) is 10.3 Å². The van der Waals surface area contributed by atoms with E-state index >= 15 is 0 Å². The number of rotatable bonds is 1. The van der Waals surface area contributed by atoms with Crippen molar-refractivity contribution in [2.45, 2.75) is 0 Å². The van der Waals surface area contributed by atoms with Crippen LogP contribution in [-0.2, 0) is 0 Å². The van der Waals surface area contributed by atoms with E-state index in [1.54, 1.807) is 6.07 Å². The molecule has 5 heteroatoms. The highest BCUT2D eigenvalue weighted by atomic mass is 79.9. The molecule has 0 aromatic carbocycles. The lowest BCUT2D eigenvalue weighted by Crippen LogP contribution is -2.08. The summed E-state index contributed by atoms with van der Waals surface area (Å²) in [6, 6.07) is 1.59. The lowest BCUT2D eigenvalue weighted by molar-refractivity contribution is 0.100. The van der Waals surface area contributed by atoms with E-state index in [4.69, 9.17) is 5.73 Å². The van der Waals surface area contributed by atoms with Crippen molar-refractivity contribution in [3.05, 3.63) is 15.5 Å². The maximum atomic E-state index is 10.4. The van der Waals surface area contributed by atoms with E-state index in [1.807, 2.05) is 0 Å². The predicted molar refractivity (Wildman–Crippen MR) is 38.3 cm³/mol. The van der Waals surface area contributed by atoms with Crippen molar-refractivity contribution in [1.29, 1.82) is 0 Å². The number of carbonyl (C=O) groups excluding carboxylic acids is 1. The van der Waals surface area contributed by atoms with Gasteiger partial charge < -0.3 is 5.73 Å². The number of carbonyl (C=O) groups is 1. The number of nitrogens with two attached hydrogens (primary N) is 1. The third kappa shape index (κ3) is 1.49. The Morgan fingerprint density at radius 3 is 2.78 bits per heavy atom. The Morgan fingerprint density at radius 1 is 1.89 bits per heavy atom. The lowest BCUT2D eigenvalue weighted by Gasteiger charge is -1.78. The second kappa shape index (κ2) is 2.45. The van der Waals surface area contributed by atoms with Crippen molar-refractivity contribution < 1.29 is 4.79 Å². The van der Waals surface area contributed by atoms with Crippen LogP contribution in [0.15, 0.2) is 10.7 Å². The van der Waals surface area contributed by atoms with E-state index < -0.39 is 5.91 Å². The summed E-state index contributed by atoms with van der Waals surface area (Å²) >= 11 is 4.18. The second-order valence-corrected chi connectivity index (χ2v) is 3.00. The summed E-state index contributed by atoms with van der Waals surface area (Å²) in [6.45, 7) is 0. The smallest absolute Gasteiger partial charge is 0.260 e. The van der Waals surface area contributed by atoms with Crippen molar-refractivity contribution in [3.63, 3.8) is 0 Å². The molecule has 1 aromatic heterocycles. The molecule has 1 rings (SSSR count). The molecule has 0 saturated heterocycles. The SMILES string of the molecule is NC(=O)c1cc(Br)ns1. The summed E-state index contributed by atoms with van der Waals surface area (Å²) in [6.07, 6.45) is 0. The number of nitrogens with zero attached hydrogens (tertiary/aromatic N) is 1.